The van der Waals surface area contributed by atoms with Crippen molar-refractivity contribution >= 4 is 10.8 Å². The highest BCUT2D eigenvalue weighted by molar-refractivity contribution is 5.83. The standard InChI is InChI=1S/C17H23NO2/c1-13(18-10-5-11-20-2)17(19)16-9-8-14-6-3-4-7-15(14)12-16/h3-4,6-9,12-13,17-19H,5,10-11H2,1-2H3. The predicted molar refractivity (Wildman–Crippen MR) is 82.9 cm³/mol. The second kappa shape index (κ2) is 7.39. The maximum atomic E-state index is 10.4. The Hall–Kier alpha value is -1.42. The summed E-state index contributed by atoms with van der Waals surface area (Å²) in [6.45, 7) is 3.60. The van der Waals surface area contributed by atoms with Gasteiger partial charge in [0, 0.05) is 19.8 Å². The first-order chi connectivity index (χ1) is 9.72. The Kier molecular flexibility index (Phi) is 5.53. The minimum absolute atomic E-state index is 0.0213. The second-order valence-corrected chi connectivity index (χ2v) is 5.14. The molecule has 2 unspecified atom stereocenters. The van der Waals surface area contributed by atoms with Gasteiger partial charge in [-0.3, -0.25) is 0 Å². The monoisotopic (exact) mass is 273 g/mol. The fraction of sp³-hybridized carbons (Fsp3) is 0.412. The molecule has 2 N–H and O–H groups in total. The van der Waals surface area contributed by atoms with Gasteiger partial charge in [-0.1, -0.05) is 36.4 Å². The molecule has 2 atom stereocenters. The molecular formula is C17H23NO2. The molecule has 0 saturated heterocycles. The molecule has 2 aromatic carbocycles. The second-order valence-electron chi connectivity index (χ2n) is 5.14. The predicted octanol–water partition coefficient (Wildman–Crippen LogP) is 2.89. The molecule has 0 radical (unpaired) electrons. The SMILES string of the molecule is COCCCNC(C)C(O)c1ccc2ccccc2c1. The number of aliphatic hydroxyl groups is 1. The van der Waals surface area contributed by atoms with Crippen LogP contribution in [0.4, 0.5) is 0 Å². The van der Waals surface area contributed by atoms with E-state index in [2.05, 4.69) is 29.6 Å². The molecule has 0 saturated carbocycles. The van der Waals surface area contributed by atoms with E-state index in [0.29, 0.717) is 0 Å². The van der Waals surface area contributed by atoms with Crippen molar-refractivity contribution in [3.8, 4) is 0 Å². The number of hydrogen-bond acceptors (Lipinski definition) is 3. The van der Waals surface area contributed by atoms with Gasteiger partial charge in [0.25, 0.3) is 0 Å². The number of hydrogen-bond donors (Lipinski definition) is 2. The molecule has 0 aliphatic carbocycles. The first kappa shape index (κ1) is 15.0. The van der Waals surface area contributed by atoms with Crippen LogP contribution < -0.4 is 5.32 Å². The van der Waals surface area contributed by atoms with Crippen LogP contribution in [0.1, 0.15) is 25.0 Å². The highest BCUT2D eigenvalue weighted by Crippen LogP contribution is 2.22. The fourth-order valence-electron chi connectivity index (χ4n) is 2.34. The minimum Gasteiger partial charge on any atom is -0.387 e. The van der Waals surface area contributed by atoms with E-state index >= 15 is 0 Å². The molecule has 0 aliphatic heterocycles. The van der Waals surface area contributed by atoms with Crippen LogP contribution in [0.2, 0.25) is 0 Å². The number of nitrogens with one attached hydrogen (secondary N) is 1. The molecular weight excluding hydrogens is 250 g/mol. The maximum absolute atomic E-state index is 10.4. The summed E-state index contributed by atoms with van der Waals surface area (Å²) in [5.74, 6) is 0. The van der Waals surface area contributed by atoms with Crippen LogP contribution in [0.5, 0.6) is 0 Å². The van der Waals surface area contributed by atoms with E-state index in [4.69, 9.17) is 4.74 Å². The largest absolute Gasteiger partial charge is 0.387 e. The molecule has 2 rings (SSSR count). The van der Waals surface area contributed by atoms with Crippen molar-refractivity contribution in [2.45, 2.75) is 25.5 Å². The third kappa shape index (κ3) is 3.79. The first-order valence-electron chi connectivity index (χ1n) is 7.11. The van der Waals surface area contributed by atoms with E-state index in [1.54, 1.807) is 7.11 Å². The highest BCUT2D eigenvalue weighted by Gasteiger charge is 2.15. The summed E-state index contributed by atoms with van der Waals surface area (Å²) < 4.78 is 5.01. The molecule has 0 fully saturated rings. The van der Waals surface area contributed by atoms with Gasteiger partial charge in [-0.15, -0.1) is 0 Å². The van der Waals surface area contributed by atoms with E-state index in [1.165, 1.54) is 5.39 Å². The third-order valence-corrected chi connectivity index (χ3v) is 3.58. The average Bonchev–Trinajstić information content (AvgIpc) is 2.50. The van der Waals surface area contributed by atoms with Crippen LogP contribution >= 0.6 is 0 Å². The molecule has 0 heterocycles. The fourth-order valence-corrected chi connectivity index (χ4v) is 2.34. The van der Waals surface area contributed by atoms with E-state index in [-0.39, 0.29) is 6.04 Å². The van der Waals surface area contributed by atoms with E-state index in [0.717, 1.165) is 30.5 Å². The number of ether oxygens (including phenoxy) is 1. The Morgan fingerprint density at radius 2 is 1.90 bits per heavy atom. The lowest BCUT2D eigenvalue weighted by Gasteiger charge is -2.21. The Morgan fingerprint density at radius 3 is 2.65 bits per heavy atom. The van der Waals surface area contributed by atoms with Gasteiger partial charge in [0.2, 0.25) is 0 Å². The Labute approximate surface area is 120 Å². The highest BCUT2D eigenvalue weighted by atomic mass is 16.5. The molecule has 0 bridgehead atoms. The number of methoxy groups -OCH3 is 1. The lowest BCUT2D eigenvalue weighted by molar-refractivity contribution is 0.132. The molecule has 20 heavy (non-hydrogen) atoms. The molecule has 3 nitrogen and oxygen atoms in total. The van der Waals surface area contributed by atoms with Gasteiger partial charge in [0.15, 0.2) is 0 Å². The smallest absolute Gasteiger partial charge is 0.0940 e. The van der Waals surface area contributed by atoms with Crippen LogP contribution in [0.25, 0.3) is 10.8 Å². The molecule has 0 spiro atoms. The number of benzene rings is 2. The first-order valence-corrected chi connectivity index (χ1v) is 7.11. The number of aliphatic hydroxyl groups excluding tert-OH is 1. The van der Waals surface area contributed by atoms with Crippen molar-refractivity contribution in [3.05, 3.63) is 48.0 Å². The lowest BCUT2D eigenvalue weighted by atomic mass is 10.00. The van der Waals surface area contributed by atoms with Gasteiger partial charge in [-0.05, 0) is 42.3 Å². The maximum Gasteiger partial charge on any atom is 0.0940 e. The van der Waals surface area contributed by atoms with Crippen LogP contribution in [0.15, 0.2) is 42.5 Å². The molecule has 0 amide bonds. The van der Waals surface area contributed by atoms with E-state index < -0.39 is 6.10 Å². The Balaban J connectivity index is 2.00. The van der Waals surface area contributed by atoms with Crippen molar-refractivity contribution in [2.24, 2.45) is 0 Å². The topological polar surface area (TPSA) is 41.5 Å². The van der Waals surface area contributed by atoms with Crippen molar-refractivity contribution < 1.29 is 9.84 Å². The Bertz CT molecular complexity index is 541. The molecule has 0 aromatic heterocycles. The summed E-state index contributed by atoms with van der Waals surface area (Å²) in [4.78, 5) is 0. The minimum atomic E-state index is -0.498. The van der Waals surface area contributed by atoms with Crippen LogP contribution in [0.3, 0.4) is 0 Å². The quantitative estimate of drug-likeness (QED) is 0.762. The van der Waals surface area contributed by atoms with Crippen LogP contribution in [0, 0.1) is 0 Å². The van der Waals surface area contributed by atoms with Crippen molar-refractivity contribution in [1.29, 1.82) is 0 Å². The zero-order chi connectivity index (χ0) is 14.4. The van der Waals surface area contributed by atoms with Crippen molar-refractivity contribution in [1.82, 2.24) is 5.32 Å². The lowest BCUT2D eigenvalue weighted by Crippen LogP contribution is -2.33. The summed E-state index contributed by atoms with van der Waals surface area (Å²) in [7, 11) is 1.70. The van der Waals surface area contributed by atoms with Crippen LogP contribution in [-0.4, -0.2) is 31.4 Å². The summed E-state index contributed by atoms with van der Waals surface area (Å²) in [5.41, 5.74) is 0.954. The van der Waals surface area contributed by atoms with E-state index in [9.17, 15) is 5.11 Å². The summed E-state index contributed by atoms with van der Waals surface area (Å²) in [6, 6.07) is 14.3. The molecule has 3 heteroatoms. The van der Waals surface area contributed by atoms with Crippen LogP contribution in [-0.2, 0) is 4.74 Å². The molecule has 0 aliphatic rings. The summed E-state index contributed by atoms with van der Waals surface area (Å²) in [5, 5.41) is 16.1. The van der Waals surface area contributed by atoms with E-state index in [1.807, 2.05) is 25.1 Å². The average molecular weight is 273 g/mol. The van der Waals surface area contributed by atoms with Crippen molar-refractivity contribution in [2.75, 3.05) is 20.3 Å². The molecule has 2 aromatic rings. The van der Waals surface area contributed by atoms with Crippen molar-refractivity contribution in [3.63, 3.8) is 0 Å². The van der Waals surface area contributed by atoms with Gasteiger partial charge in [0.1, 0.15) is 0 Å². The van der Waals surface area contributed by atoms with Gasteiger partial charge < -0.3 is 15.2 Å². The number of rotatable bonds is 7. The van der Waals surface area contributed by atoms with Gasteiger partial charge in [-0.2, -0.15) is 0 Å². The van der Waals surface area contributed by atoms with Gasteiger partial charge in [-0.25, -0.2) is 0 Å². The number of fused-ring (bicyclic) bond motifs is 1. The van der Waals surface area contributed by atoms with Gasteiger partial charge in [0.05, 0.1) is 6.10 Å². The summed E-state index contributed by atoms with van der Waals surface area (Å²) in [6.07, 6.45) is 0.452. The zero-order valence-electron chi connectivity index (χ0n) is 12.2. The molecule has 108 valence electrons. The Morgan fingerprint density at radius 1 is 1.15 bits per heavy atom. The summed E-state index contributed by atoms with van der Waals surface area (Å²) >= 11 is 0. The normalized spacial score (nSPS) is 14.3. The van der Waals surface area contributed by atoms with Gasteiger partial charge >= 0.3 is 0 Å². The zero-order valence-corrected chi connectivity index (χ0v) is 12.2. The third-order valence-electron chi connectivity index (χ3n) is 3.58.